The van der Waals surface area contributed by atoms with Crippen molar-refractivity contribution in [1.29, 1.82) is 0 Å². The van der Waals surface area contributed by atoms with E-state index in [-0.39, 0.29) is 17.4 Å². The summed E-state index contributed by atoms with van der Waals surface area (Å²) in [5.41, 5.74) is 7.65. The van der Waals surface area contributed by atoms with Crippen LogP contribution in [-0.4, -0.2) is 30.1 Å². The van der Waals surface area contributed by atoms with E-state index in [2.05, 4.69) is 156 Å². The van der Waals surface area contributed by atoms with Gasteiger partial charge in [0.2, 0.25) is 0 Å². The molecule has 8 nitrogen and oxygen atoms in total. The van der Waals surface area contributed by atoms with E-state index < -0.39 is 8.07 Å². The molecule has 0 aromatic heterocycles. The van der Waals surface area contributed by atoms with Crippen molar-refractivity contribution in [2.75, 3.05) is 0 Å². The van der Waals surface area contributed by atoms with Crippen molar-refractivity contribution in [3.05, 3.63) is 105 Å². The van der Waals surface area contributed by atoms with Crippen molar-refractivity contribution in [3.8, 4) is 0 Å². The average molecular weight is 653 g/mol. The number of rotatable bonds is 7. The molecule has 2 aliphatic rings. The van der Waals surface area contributed by atoms with E-state index in [1.807, 2.05) is 0 Å². The molecule has 1 saturated carbocycles. The quantitative estimate of drug-likeness (QED) is 0.215. The van der Waals surface area contributed by atoms with Crippen LogP contribution in [0.5, 0.6) is 0 Å². The summed E-state index contributed by atoms with van der Waals surface area (Å²) in [5.74, 6) is 1.34. The summed E-state index contributed by atoms with van der Waals surface area (Å²) >= 11 is 3.30. The Balaban J connectivity index is 0. The molecule has 232 valence electrons. The molecule has 1 N–H and O–H groups in total. The molecule has 2 aromatic rings. The average Bonchev–Trinajstić information content (AvgIpc) is 3.53. The number of benzene rings is 2. The number of nitrogens with one attached hydrogen (secondary N) is 1. The van der Waals surface area contributed by atoms with Crippen molar-refractivity contribution in [3.63, 3.8) is 0 Å². The zero-order chi connectivity index (χ0) is 34.5. The fraction of sp³-hybridized carbons (Fsp3) is 0.441. The monoisotopic (exact) mass is 652 g/mol. The van der Waals surface area contributed by atoms with Crippen LogP contribution >= 0.6 is 0 Å². The minimum atomic E-state index is -1.52. The van der Waals surface area contributed by atoms with E-state index in [9.17, 15) is 0 Å². The Hall–Kier alpha value is -2.81. The van der Waals surface area contributed by atoms with Crippen LogP contribution in [0.25, 0.3) is 0 Å². The van der Waals surface area contributed by atoms with Gasteiger partial charge in [-0.05, 0) is 0 Å². The first-order valence-electron chi connectivity index (χ1n) is 13.8. The molecular formula is C34H40CrN2O6Si. The van der Waals surface area contributed by atoms with Crippen LogP contribution < -0.4 is 5.43 Å². The summed E-state index contributed by atoms with van der Waals surface area (Å²) in [6, 6.07) is 21.8. The van der Waals surface area contributed by atoms with Gasteiger partial charge in [0.1, 0.15) is 0 Å². The van der Waals surface area contributed by atoms with E-state index >= 15 is 0 Å². The molecule has 0 unspecified atom stereocenters. The summed E-state index contributed by atoms with van der Waals surface area (Å²) in [7, 11) is -1.52. The molecule has 2 aromatic carbocycles. The van der Waals surface area contributed by atoms with E-state index in [0.29, 0.717) is 17.5 Å². The number of hydrazone groups is 1. The number of hydrogen-bond donors (Lipinski definition) is 1. The predicted octanol–water partition coefficient (Wildman–Crippen LogP) is 6.26. The Bertz CT molecular complexity index is 1210. The fourth-order valence-electron chi connectivity index (χ4n) is 5.88. The number of ether oxygens (including phenoxy) is 1. The van der Waals surface area contributed by atoms with Crippen molar-refractivity contribution >= 4 is 18.4 Å². The van der Waals surface area contributed by atoms with E-state index in [0.717, 1.165) is 16.7 Å². The SMILES string of the molecule is C[C@@H]1CC[C@@H](C(C)(C)c2ccccc2)[C@H](O[C](=[Cr])C2=NN[C@@H]([Si](C)(C)C)[C@@H]2c2ccccc2)C1.[C-]#[O+].[C-]#[O+].[C-]#[O+].[C-]#[O+].[C-]#[O+]. The van der Waals surface area contributed by atoms with Crippen molar-refractivity contribution in [2.45, 2.75) is 82.8 Å². The molecule has 0 amide bonds. The first-order chi connectivity index (χ1) is 21.1. The second-order valence-electron chi connectivity index (χ2n) is 11.9. The molecule has 1 aliphatic heterocycles. The molecular weight excluding hydrogens is 612 g/mol. The molecule has 4 rings (SSSR count). The second kappa shape index (κ2) is 22.7. The van der Waals surface area contributed by atoms with Crippen LogP contribution in [0.2, 0.25) is 19.6 Å². The zero-order valence-corrected chi connectivity index (χ0v) is 28.4. The van der Waals surface area contributed by atoms with Gasteiger partial charge < -0.3 is 0 Å². The number of nitrogens with zero attached hydrogens (tertiary/aromatic N) is 1. The minimum absolute atomic E-state index is 0.0434. The third kappa shape index (κ3) is 11.9. The Labute approximate surface area is 271 Å². The van der Waals surface area contributed by atoms with Gasteiger partial charge in [-0.25, -0.2) is 0 Å². The van der Waals surface area contributed by atoms with Crippen molar-refractivity contribution in [2.24, 2.45) is 16.9 Å². The van der Waals surface area contributed by atoms with Gasteiger partial charge >= 0.3 is 272 Å². The maximum absolute atomic E-state index is 7.50. The standard InChI is InChI=1S/C29H40N2OSi.5CO.Cr/c1-21-17-18-24(29(2,3)23-15-11-8-12-16-23)26(19-21)32-20-25-27(22-13-9-7-10-14-22)28(31-30-25)33(4,5)6;5*1-2;/h7-16,21,24,26-28,31H,17-19H2,1-6H3;;;;;;/t21-,24-,26-,27-,28+;;;;;;/m1....../s1. The first kappa shape index (κ1) is 43.3. The van der Waals surface area contributed by atoms with Crippen molar-refractivity contribution in [1.82, 2.24) is 5.43 Å². The topological polar surface area (TPSA) is 133 Å². The molecule has 0 radical (unpaired) electrons. The second-order valence-corrected chi connectivity index (χ2v) is 17.8. The van der Waals surface area contributed by atoms with Gasteiger partial charge in [-0.15, -0.1) is 0 Å². The molecule has 10 heteroatoms. The molecule has 1 aliphatic carbocycles. The van der Waals surface area contributed by atoms with Gasteiger partial charge in [0.05, 0.1) is 0 Å². The third-order valence-corrected chi connectivity index (χ3v) is 10.8. The molecule has 5 atom stereocenters. The number of hydrogen-bond acceptors (Lipinski definition) is 3. The van der Waals surface area contributed by atoms with Crippen LogP contribution in [0.4, 0.5) is 0 Å². The molecule has 0 spiro atoms. The maximum atomic E-state index is 7.50. The third-order valence-electron chi connectivity index (χ3n) is 8.01. The predicted molar refractivity (Wildman–Crippen MR) is 162 cm³/mol. The van der Waals surface area contributed by atoms with Crippen LogP contribution in [0, 0.1) is 45.1 Å². The van der Waals surface area contributed by atoms with Crippen LogP contribution in [0.3, 0.4) is 0 Å². The first-order valence-corrected chi connectivity index (χ1v) is 18.0. The van der Waals surface area contributed by atoms with Gasteiger partial charge in [0.25, 0.3) is 0 Å². The van der Waals surface area contributed by atoms with Crippen LogP contribution in [-0.2, 0) is 49.3 Å². The van der Waals surface area contributed by atoms with Gasteiger partial charge in [0, 0.05) is 0 Å². The normalized spacial score (nSPS) is 21.6. The summed E-state index contributed by atoms with van der Waals surface area (Å²) < 4.78 is 45.3. The Kier molecular flexibility index (Phi) is 22.3. The Morgan fingerprint density at radius 3 is 1.80 bits per heavy atom. The Morgan fingerprint density at radius 1 is 0.841 bits per heavy atom. The zero-order valence-electron chi connectivity index (χ0n) is 26.1. The van der Waals surface area contributed by atoms with Crippen molar-refractivity contribution < 1.29 is 43.8 Å². The molecule has 1 fully saturated rings. The van der Waals surface area contributed by atoms with E-state index in [1.165, 1.54) is 24.0 Å². The van der Waals surface area contributed by atoms with Crippen LogP contribution in [0.1, 0.15) is 57.1 Å². The summed E-state index contributed by atoms with van der Waals surface area (Å²) in [5, 5.41) is 4.88. The molecule has 1 heterocycles. The van der Waals surface area contributed by atoms with Gasteiger partial charge in [-0.3, -0.25) is 0 Å². The fourth-order valence-corrected chi connectivity index (χ4v) is 8.15. The van der Waals surface area contributed by atoms with E-state index in [4.69, 9.17) is 33.1 Å². The Morgan fingerprint density at radius 2 is 1.32 bits per heavy atom. The molecule has 0 saturated heterocycles. The summed E-state index contributed by atoms with van der Waals surface area (Å²) in [6.45, 7) is 36.9. The molecule has 0 bridgehead atoms. The van der Waals surface area contributed by atoms with Gasteiger partial charge in [0.15, 0.2) is 0 Å². The van der Waals surface area contributed by atoms with Crippen LogP contribution in [0.15, 0.2) is 65.8 Å². The van der Waals surface area contributed by atoms with Gasteiger partial charge in [-0.2, -0.15) is 0 Å². The summed E-state index contributed by atoms with van der Waals surface area (Å²) in [4.78, 5) is 0. The molecule has 44 heavy (non-hydrogen) atoms. The summed E-state index contributed by atoms with van der Waals surface area (Å²) in [6.07, 6.45) is 3.70. The van der Waals surface area contributed by atoms with Gasteiger partial charge in [-0.1, -0.05) is 0 Å². The van der Waals surface area contributed by atoms with E-state index in [1.54, 1.807) is 0 Å².